The lowest BCUT2D eigenvalue weighted by atomic mass is 10.4. The molecule has 0 fully saturated rings. The SMILES string of the molecule is N#CC1=CCC=N1. The lowest BCUT2D eigenvalue weighted by Crippen LogP contribution is -1.58. The second kappa shape index (κ2) is 1.57. The Labute approximate surface area is 41.8 Å². The number of aliphatic imine (C=N–C) groups is 1. The van der Waals surface area contributed by atoms with Crippen LogP contribution in [0.25, 0.3) is 0 Å². The molecule has 7 heavy (non-hydrogen) atoms. The predicted octanol–water partition coefficient (Wildman–Crippen LogP) is 0.868. The minimum atomic E-state index is 0.542. The van der Waals surface area contributed by atoms with Crippen LogP contribution in [0.5, 0.6) is 0 Å². The summed E-state index contributed by atoms with van der Waals surface area (Å²) < 4.78 is 0. The average Bonchev–Trinajstić information content (AvgIpc) is 2.14. The van der Waals surface area contributed by atoms with Crippen molar-refractivity contribution >= 4 is 6.21 Å². The van der Waals surface area contributed by atoms with Gasteiger partial charge in [0, 0.05) is 12.6 Å². The Morgan fingerprint density at radius 1 is 1.86 bits per heavy atom. The Morgan fingerprint density at radius 2 is 2.71 bits per heavy atom. The van der Waals surface area contributed by atoms with E-state index in [0.717, 1.165) is 6.42 Å². The maximum absolute atomic E-state index is 8.13. The van der Waals surface area contributed by atoms with Crippen LogP contribution in [-0.4, -0.2) is 6.21 Å². The van der Waals surface area contributed by atoms with Crippen LogP contribution < -0.4 is 0 Å². The third-order valence-electron chi connectivity index (χ3n) is 0.762. The van der Waals surface area contributed by atoms with Gasteiger partial charge in [-0.1, -0.05) is 0 Å². The van der Waals surface area contributed by atoms with E-state index in [4.69, 9.17) is 5.26 Å². The highest BCUT2D eigenvalue weighted by Gasteiger charge is 1.92. The zero-order valence-electron chi connectivity index (χ0n) is 3.76. The van der Waals surface area contributed by atoms with Gasteiger partial charge >= 0.3 is 0 Å². The van der Waals surface area contributed by atoms with E-state index in [9.17, 15) is 0 Å². The maximum atomic E-state index is 8.13. The van der Waals surface area contributed by atoms with Crippen LogP contribution in [0.3, 0.4) is 0 Å². The molecule has 0 aliphatic carbocycles. The third kappa shape index (κ3) is 0.660. The van der Waals surface area contributed by atoms with Gasteiger partial charge in [-0.05, 0) is 6.08 Å². The quantitative estimate of drug-likeness (QED) is 0.436. The molecule has 0 N–H and O–H groups in total. The maximum Gasteiger partial charge on any atom is 0.136 e. The number of nitrogens with zero attached hydrogens (tertiary/aromatic N) is 2. The summed E-state index contributed by atoms with van der Waals surface area (Å²) in [5.74, 6) is 0. The normalized spacial score (nSPS) is 16.1. The Morgan fingerprint density at radius 3 is 3.00 bits per heavy atom. The Hall–Kier alpha value is -1.10. The van der Waals surface area contributed by atoms with E-state index in [1.165, 1.54) is 0 Å². The van der Waals surface area contributed by atoms with E-state index in [-0.39, 0.29) is 0 Å². The molecule has 0 bridgehead atoms. The highest BCUT2D eigenvalue weighted by atomic mass is 14.7. The van der Waals surface area contributed by atoms with Gasteiger partial charge in [0.15, 0.2) is 0 Å². The van der Waals surface area contributed by atoms with Crippen molar-refractivity contribution in [3.8, 4) is 6.07 Å². The van der Waals surface area contributed by atoms with Crippen molar-refractivity contribution in [3.05, 3.63) is 11.8 Å². The molecule has 34 valence electrons. The monoisotopic (exact) mass is 92.0 g/mol. The van der Waals surface area contributed by atoms with Crippen molar-refractivity contribution in [2.45, 2.75) is 6.42 Å². The fourth-order valence-corrected chi connectivity index (χ4v) is 0.443. The molecule has 0 aromatic carbocycles. The number of hydrogen-bond acceptors (Lipinski definition) is 2. The van der Waals surface area contributed by atoms with Gasteiger partial charge < -0.3 is 0 Å². The standard InChI is InChI=1S/C5H4N2/c6-4-5-2-1-3-7-5/h2-3H,1H2. The van der Waals surface area contributed by atoms with Gasteiger partial charge in [0.1, 0.15) is 11.8 Å². The highest BCUT2D eigenvalue weighted by Crippen LogP contribution is 2.01. The average molecular weight is 92.1 g/mol. The largest absolute Gasteiger partial charge is 0.250 e. The molecule has 0 atom stereocenters. The fraction of sp³-hybridized carbons (Fsp3) is 0.200. The molecule has 0 aromatic rings. The van der Waals surface area contributed by atoms with E-state index < -0.39 is 0 Å². The van der Waals surface area contributed by atoms with Crippen molar-refractivity contribution in [2.24, 2.45) is 4.99 Å². The molecule has 0 spiro atoms. The second-order valence-electron chi connectivity index (χ2n) is 1.25. The van der Waals surface area contributed by atoms with E-state index in [1.54, 1.807) is 12.3 Å². The summed E-state index contributed by atoms with van der Waals surface area (Å²) in [5, 5.41) is 8.13. The van der Waals surface area contributed by atoms with E-state index in [0.29, 0.717) is 5.70 Å². The highest BCUT2D eigenvalue weighted by molar-refractivity contribution is 5.66. The summed E-state index contributed by atoms with van der Waals surface area (Å²) in [7, 11) is 0. The zero-order valence-corrected chi connectivity index (χ0v) is 3.76. The van der Waals surface area contributed by atoms with Crippen molar-refractivity contribution in [1.82, 2.24) is 0 Å². The fourth-order valence-electron chi connectivity index (χ4n) is 0.443. The predicted molar refractivity (Wildman–Crippen MR) is 26.8 cm³/mol. The van der Waals surface area contributed by atoms with Crippen LogP contribution in [0.2, 0.25) is 0 Å². The molecular formula is C5H4N2. The number of rotatable bonds is 0. The molecular weight excluding hydrogens is 88.1 g/mol. The van der Waals surface area contributed by atoms with Gasteiger partial charge in [-0.25, -0.2) is 4.99 Å². The molecule has 0 radical (unpaired) electrons. The summed E-state index contributed by atoms with van der Waals surface area (Å²) in [6.07, 6.45) is 4.33. The van der Waals surface area contributed by atoms with E-state index in [1.807, 2.05) is 6.07 Å². The molecule has 1 aliphatic heterocycles. The Balaban J connectivity index is 2.75. The van der Waals surface area contributed by atoms with Crippen molar-refractivity contribution in [1.29, 1.82) is 5.26 Å². The third-order valence-corrected chi connectivity index (χ3v) is 0.762. The molecule has 0 unspecified atom stereocenters. The molecule has 0 amide bonds. The smallest absolute Gasteiger partial charge is 0.136 e. The number of allylic oxidation sites excluding steroid dienone is 2. The van der Waals surface area contributed by atoms with Crippen molar-refractivity contribution < 1.29 is 0 Å². The van der Waals surface area contributed by atoms with Crippen LogP contribution in [0.1, 0.15) is 6.42 Å². The summed E-state index contributed by atoms with van der Waals surface area (Å²) in [4.78, 5) is 3.73. The Bertz CT molecular complexity index is 159. The van der Waals surface area contributed by atoms with E-state index in [2.05, 4.69) is 4.99 Å². The molecule has 1 rings (SSSR count). The van der Waals surface area contributed by atoms with Gasteiger partial charge in [-0.3, -0.25) is 0 Å². The first-order valence-electron chi connectivity index (χ1n) is 2.06. The van der Waals surface area contributed by atoms with Gasteiger partial charge in [0.05, 0.1) is 0 Å². The molecule has 2 nitrogen and oxygen atoms in total. The lowest BCUT2D eigenvalue weighted by Gasteiger charge is -1.69. The molecule has 0 saturated heterocycles. The number of hydrogen-bond donors (Lipinski definition) is 0. The van der Waals surface area contributed by atoms with Crippen LogP contribution in [-0.2, 0) is 0 Å². The molecule has 2 heteroatoms. The molecule has 0 saturated carbocycles. The minimum Gasteiger partial charge on any atom is -0.250 e. The van der Waals surface area contributed by atoms with Gasteiger partial charge in [-0.2, -0.15) is 5.26 Å². The minimum absolute atomic E-state index is 0.542. The topological polar surface area (TPSA) is 36.1 Å². The number of nitriles is 1. The summed E-state index contributed by atoms with van der Waals surface area (Å²) >= 11 is 0. The first kappa shape index (κ1) is 4.07. The van der Waals surface area contributed by atoms with Gasteiger partial charge in [0.25, 0.3) is 0 Å². The first-order chi connectivity index (χ1) is 3.43. The van der Waals surface area contributed by atoms with Crippen molar-refractivity contribution in [3.63, 3.8) is 0 Å². The second-order valence-corrected chi connectivity index (χ2v) is 1.25. The summed E-state index contributed by atoms with van der Waals surface area (Å²) in [6, 6.07) is 1.93. The van der Waals surface area contributed by atoms with E-state index >= 15 is 0 Å². The molecule has 1 heterocycles. The van der Waals surface area contributed by atoms with Crippen molar-refractivity contribution in [2.75, 3.05) is 0 Å². The first-order valence-corrected chi connectivity index (χ1v) is 2.06. The lowest BCUT2D eigenvalue weighted by molar-refractivity contribution is 1.41. The van der Waals surface area contributed by atoms with Crippen LogP contribution in [0, 0.1) is 11.3 Å². The summed E-state index contributed by atoms with van der Waals surface area (Å²) in [5.41, 5.74) is 0.542. The zero-order chi connectivity index (χ0) is 5.11. The molecule has 1 aliphatic rings. The van der Waals surface area contributed by atoms with Crippen LogP contribution in [0.4, 0.5) is 0 Å². The van der Waals surface area contributed by atoms with Crippen LogP contribution in [0.15, 0.2) is 16.8 Å². The van der Waals surface area contributed by atoms with Gasteiger partial charge in [-0.15, -0.1) is 0 Å². The Kier molecular flexibility index (Phi) is 0.910. The van der Waals surface area contributed by atoms with Crippen LogP contribution >= 0.6 is 0 Å². The summed E-state index contributed by atoms with van der Waals surface area (Å²) in [6.45, 7) is 0. The molecule has 0 aromatic heterocycles. The van der Waals surface area contributed by atoms with Gasteiger partial charge in [0.2, 0.25) is 0 Å².